The summed E-state index contributed by atoms with van der Waals surface area (Å²) < 4.78 is 0. The Hall–Kier alpha value is -1.30. The van der Waals surface area contributed by atoms with Gasteiger partial charge in [0.05, 0.1) is 0 Å². The van der Waals surface area contributed by atoms with E-state index in [0.717, 1.165) is 39.0 Å². The molecule has 0 aromatic rings. The van der Waals surface area contributed by atoms with E-state index in [-0.39, 0.29) is 18.1 Å². The van der Waals surface area contributed by atoms with Crippen molar-refractivity contribution in [2.75, 3.05) is 26.2 Å². The van der Waals surface area contributed by atoms with Crippen molar-refractivity contribution in [1.29, 1.82) is 0 Å². The second-order valence-electron chi connectivity index (χ2n) is 4.93. The van der Waals surface area contributed by atoms with Gasteiger partial charge >= 0.3 is 0 Å². The Balaban J connectivity index is 1.60. The molecule has 3 heterocycles. The molecule has 0 saturated carbocycles. The standard InChI is InChI=1S/C11H19N5O/c17-11(15-4-2-1-3-5-15)9-7-16-8-13-14-10(16)6-12-9/h8-10,12,14H,1-7H2. The number of piperidine rings is 1. The van der Waals surface area contributed by atoms with Gasteiger partial charge < -0.3 is 15.1 Å². The number of nitrogens with zero attached hydrogens (tertiary/aromatic N) is 3. The molecule has 2 fully saturated rings. The fraction of sp³-hybridized carbons (Fsp3) is 0.818. The highest BCUT2D eigenvalue weighted by atomic mass is 16.2. The summed E-state index contributed by atoms with van der Waals surface area (Å²) >= 11 is 0. The molecular weight excluding hydrogens is 218 g/mol. The zero-order valence-corrected chi connectivity index (χ0v) is 9.93. The number of piperazine rings is 1. The molecule has 0 spiro atoms. The maximum Gasteiger partial charge on any atom is 0.241 e. The van der Waals surface area contributed by atoms with E-state index < -0.39 is 0 Å². The van der Waals surface area contributed by atoms with Gasteiger partial charge in [0.1, 0.15) is 18.5 Å². The van der Waals surface area contributed by atoms with Crippen LogP contribution in [0.25, 0.3) is 0 Å². The van der Waals surface area contributed by atoms with E-state index in [9.17, 15) is 4.79 Å². The summed E-state index contributed by atoms with van der Waals surface area (Å²) in [5.41, 5.74) is 3.01. The van der Waals surface area contributed by atoms with Crippen molar-refractivity contribution >= 4 is 12.2 Å². The number of hydrogen-bond acceptors (Lipinski definition) is 5. The number of hydrogen-bond donors (Lipinski definition) is 2. The minimum atomic E-state index is -0.0734. The molecule has 0 bridgehead atoms. The minimum absolute atomic E-state index is 0.0734. The van der Waals surface area contributed by atoms with Crippen molar-refractivity contribution in [3.63, 3.8) is 0 Å². The number of rotatable bonds is 1. The van der Waals surface area contributed by atoms with Crippen LogP contribution in [0.5, 0.6) is 0 Å². The number of carbonyl (C=O) groups excluding carboxylic acids is 1. The van der Waals surface area contributed by atoms with Crippen LogP contribution in [0.3, 0.4) is 0 Å². The lowest BCUT2D eigenvalue weighted by Crippen LogP contribution is -2.62. The van der Waals surface area contributed by atoms with Crippen LogP contribution in [0.1, 0.15) is 19.3 Å². The molecule has 2 unspecified atom stereocenters. The highest BCUT2D eigenvalue weighted by Gasteiger charge is 2.34. The molecule has 17 heavy (non-hydrogen) atoms. The van der Waals surface area contributed by atoms with Gasteiger partial charge in [0.25, 0.3) is 0 Å². The van der Waals surface area contributed by atoms with Gasteiger partial charge in [0.2, 0.25) is 5.91 Å². The van der Waals surface area contributed by atoms with Crippen LogP contribution < -0.4 is 10.7 Å². The molecule has 2 N–H and O–H groups in total. The average molecular weight is 237 g/mol. The van der Waals surface area contributed by atoms with Crippen molar-refractivity contribution in [3.05, 3.63) is 0 Å². The molecule has 0 aromatic heterocycles. The van der Waals surface area contributed by atoms with Gasteiger partial charge in [-0.05, 0) is 19.3 Å². The first-order valence-corrected chi connectivity index (χ1v) is 6.41. The van der Waals surface area contributed by atoms with Crippen LogP contribution in [0.4, 0.5) is 0 Å². The monoisotopic (exact) mass is 237 g/mol. The third-order valence-corrected chi connectivity index (χ3v) is 3.75. The maximum absolute atomic E-state index is 12.3. The Morgan fingerprint density at radius 1 is 1.29 bits per heavy atom. The van der Waals surface area contributed by atoms with Crippen LogP contribution in [-0.4, -0.2) is 60.4 Å². The van der Waals surface area contributed by atoms with E-state index in [4.69, 9.17) is 0 Å². The fourth-order valence-electron chi connectivity index (χ4n) is 2.71. The zero-order valence-electron chi connectivity index (χ0n) is 9.93. The van der Waals surface area contributed by atoms with Gasteiger partial charge in [-0.3, -0.25) is 10.2 Å². The van der Waals surface area contributed by atoms with Crippen LogP contribution in [0.2, 0.25) is 0 Å². The van der Waals surface area contributed by atoms with Crippen molar-refractivity contribution in [2.24, 2.45) is 5.10 Å². The first kappa shape index (κ1) is 10.8. The van der Waals surface area contributed by atoms with E-state index >= 15 is 0 Å². The SMILES string of the molecule is O=C(C1CN2C=NNC2CN1)N1CCCCC1. The summed E-state index contributed by atoms with van der Waals surface area (Å²) in [5.74, 6) is 0.253. The highest BCUT2D eigenvalue weighted by molar-refractivity contribution is 5.83. The largest absolute Gasteiger partial charge is 0.341 e. The Kier molecular flexibility index (Phi) is 2.88. The van der Waals surface area contributed by atoms with Gasteiger partial charge in [-0.15, -0.1) is 0 Å². The first-order chi connectivity index (χ1) is 8.34. The number of amides is 1. The van der Waals surface area contributed by atoms with Gasteiger partial charge in [-0.2, -0.15) is 5.10 Å². The summed E-state index contributed by atoms with van der Waals surface area (Å²) in [6.45, 7) is 3.33. The molecule has 3 rings (SSSR count). The molecule has 6 nitrogen and oxygen atoms in total. The van der Waals surface area contributed by atoms with Gasteiger partial charge in [-0.1, -0.05) is 0 Å². The predicted octanol–water partition coefficient (Wildman–Crippen LogP) is -0.855. The van der Waals surface area contributed by atoms with Crippen molar-refractivity contribution in [3.8, 4) is 0 Å². The molecule has 0 aromatic carbocycles. The Labute approximate surface area is 101 Å². The molecule has 2 saturated heterocycles. The van der Waals surface area contributed by atoms with Crippen LogP contribution in [0.15, 0.2) is 5.10 Å². The third kappa shape index (κ3) is 2.09. The van der Waals surface area contributed by atoms with Crippen LogP contribution in [0, 0.1) is 0 Å². The molecule has 3 aliphatic rings. The van der Waals surface area contributed by atoms with Gasteiger partial charge in [0, 0.05) is 26.2 Å². The molecule has 1 amide bonds. The summed E-state index contributed by atoms with van der Waals surface area (Å²) in [6, 6.07) is -0.0734. The van der Waals surface area contributed by atoms with Gasteiger partial charge in [0.15, 0.2) is 0 Å². The van der Waals surface area contributed by atoms with Crippen molar-refractivity contribution in [2.45, 2.75) is 31.5 Å². The topological polar surface area (TPSA) is 60.0 Å². The van der Waals surface area contributed by atoms with E-state index in [1.54, 1.807) is 6.34 Å². The van der Waals surface area contributed by atoms with E-state index in [1.165, 1.54) is 6.42 Å². The third-order valence-electron chi connectivity index (χ3n) is 3.75. The lowest BCUT2D eigenvalue weighted by Gasteiger charge is -2.37. The molecule has 6 heteroatoms. The fourth-order valence-corrected chi connectivity index (χ4v) is 2.71. The number of nitrogens with one attached hydrogen (secondary N) is 2. The Morgan fingerprint density at radius 3 is 2.94 bits per heavy atom. The normalized spacial score (nSPS) is 32.2. The second-order valence-corrected chi connectivity index (χ2v) is 4.93. The minimum Gasteiger partial charge on any atom is -0.341 e. The number of likely N-dealkylation sites (tertiary alicyclic amines) is 1. The smallest absolute Gasteiger partial charge is 0.241 e. The molecule has 0 radical (unpaired) electrons. The van der Waals surface area contributed by atoms with Crippen molar-refractivity contribution < 1.29 is 4.79 Å². The lowest BCUT2D eigenvalue weighted by molar-refractivity contribution is -0.135. The van der Waals surface area contributed by atoms with E-state index in [0.29, 0.717) is 0 Å². The molecule has 94 valence electrons. The number of fused-ring (bicyclic) bond motifs is 1. The van der Waals surface area contributed by atoms with E-state index in [2.05, 4.69) is 20.7 Å². The Bertz CT molecular complexity index is 326. The summed E-state index contributed by atoms with van der Waals surface area (Å²) in [4.78, 5) is 16.4. The molecule has 3 aliphatic heterocycles. The van der Waals surface area contributed by atoms with Crippen molar-refractivity contribution in [1.82, 2.24) is 20.5 Å². The average Bonchev–Trinajstić information content (AvgIpc) is 2.86. The predicted molar refractivity (Wildman–Crippen MR) is 64.3 cm³/mol. The molecular formula is C11H19N5O. The van der Waals surface area contributed by atoms with E-state index in [1.807, 2.05) is 4.90 Å². The summed E-state index contributed by atoms with van der Waals surface area (Å²) in [7, 11) is 0. The summed E-state index contributed by atoms with van der Waals surface area (Å²) in [6.07, 6.45) is 5.57. The zero-order chi connectivity index (χ0) is 11.7. The second kappa shape index (κ2) is 4.52. The van der Waals surface area contributed by atoms with Gasteiger partial charge in [-0.25, -0.2) is 0 Å². The lowest BCUT2D eigenvalue weighted by atomic mass is 10.1. The number of carbonyl (C=O) groups is 1. The quantitative estimate of drug-likeness (QED) is 0.623. The highest BCUT2D eigenvalue weighted by Crippen LogP contribution is 2.13. The van der Waals surface area contributed by atoms with Crippen LogP contribution in [-0.2, 0) is 4.79 Å². The molecule has 0 aliphatic carbocycles. The molecule has 2 atom stereocenters. The number of hydrazone groups is 1. The summed E-state index contributed by atoms with van der Waals surface area (Å²) in [5, 5.41) is 7.33. The first-order valence-electron chi connectivity index (χ1n) is 6.41. The Morgan fingerprint density at radius 2 is 2.12 bits per heavy atom. The maximum atomic E-state index is 12.3. The van der Waals surface area contributed by atoms with Crippen LogP contribution >= 0.6 is 0 Å².